The standard InChI is InChI=1S/C11H17NO2.C7H5ClN2.C7H10N2.C3H8/c1-5-9-10(7(3)13)6(2)12-11(9)8(4)14;8-6-2-1-5-10-7(6)3-4-9-10;1-2-4-7-6(3-1)8-5-9-7;1-3-2/h8-9,14H,5H2,1-4H3;1-5H;5H,1-4H2,(H,8,9);3H2,1-2H3. The van der Waals surface area contributed by atoms with E-state index in [-0.39, 0.29) is 11.7 Å². The minimum absolute atomic E-state index is 0.0208. The first-order chi connectivity index (χ1) is 17.2. The molecule has 1 aliphatic carbocycles. The monoisotopic (exact) mass is 513 g/mol. The first-order valence-electron chi connectivity index (χ1n) is 12.8. The Bertz CT molecular complexity index is 1160. The van der Waals surface area contributed by atoms with Gasteiger partial charge in [-0.3, -0.25) is 9.79 Å². The van der Waals surface area contributed by atoms with Crippen molar-refractivity contribution in [2.75, 3.05) is 0 Å². The van der Waals surface area contributed by atoms with E-state index in [4.69, 9.17) is 11.6 Å². The van der Waals surface area contributed by atoms with E-state index in [2.05, 4.69) is 33.9 Å². The number of H-pyrrole nitrogens is 1. The molecule has 2 aliphatic rings. The van der Waals surface area contributed by atoms with Crippen molar-refractivity contribution in [3.05, 3.63) is 64.6 Å². The lowest BCUT2D eigenvalue weighted by Gasteiger charge is -2.15. The van der Waals surface area contributed by atoms with E-state index >= 15 is 0 Å². The molecule has 36 heavy (non-hydrogen) atoms. The fourth-order valence-corrected chi connectivity index (χ4v) is 4.54. The number of carbonyl (C=O) groups excluding carboxylic acids is 1. The number of Topliss-reactive ketones (excluding diaryl/α,β-unsaturated/α-hetero) is 1. The Morgan fingerprint density at radius 2 is 1.94 bits per heavy atom. The van der Waals surface area contributed by atoms with Gasteiger partial charge < -0.3 is 10.1 Å². The smallest absolute Gasteiger partial charge is 0.158 e. The molecule has 2 unspecified atom stereocenters. The third kappa shape index (κ3) is 7.87. The van der Waals surface area contributed by atoms with Crippen molar-refractivity contribution < 1.29 is 9.90 Å². The van der Waals surface area contributed by atoms with Crippen LogP contribution in [-0.2, 0) is 17.6 Å². The number of nitrogens with zero attached hydrogens (tertiary/aromatic N) is 4. The number of aromatic nitrogens is 4. The zero-order chi connectivity index (χ0) is 26.7. The Morgan fingerprint density at radius 3 is 2.53 bits per heavy atom. The number of allylic oxidation sites excluding steroid dienone is 2. The summed E-state index contributed by atoms with van der Waals surface area (Å²) in [4.78, 5) is 23.0. The lowest BCUT2D eigenvalue weighted by atomic mass is 9.88. The van der Waals surface area contributed by atoms with Gasteiger partial charge in [-0.1, -0.05) is 38.8 Å². The molecular formula is C28H40ClN5O2. The SMILES string of the molecule is CCC.CCC1C(C(C)O)=NC(C)=C1C(C)=O.Clc1cccn2nccc12.c1nc2c([nH]1)CCCC2. The maximum absolute atomic E-state index is 11.4. The Labute approximate surface area is 219 Å². The van der Waals surface area contributed by atoms with E-state index in [0.717, 1.165) is 33.9 Å². The summed E-state index contributed by atoms with van der Waals surface area (Å²) in [5.74, 6) is 0.0845. The summed E-state index contributed by atoms with van der Waals surface area (Å²) in [6.07, 6.45) is 11.9. The quantitative estimate of drug-likeness (QED) is 0.423. The molecule has 0 amide bonds. The van der Waals surface area contributed by atoms with Gasteiger partial charge in [-0.15, -0.1) is 0 Å². The summed E-state index contributed by atoms with van der Waals surface area (Å²) in [6.45, 7) is 11.3. The fraction of sp³-hybridized carbons (Fsp3) is 0.500. The lowest BCUT2D eigenvalue weighted by Crippen LogP contribution is -2.25. The molecule has 4 heterocycles. The van der Waals surface area contributed by atoms with Crippen LogP contribution in [0, 0.1) is 5.92 Å². The van der Waals surface area contributed by atoms with Crippen molar-refractivity contribution >= 4 is 28.6 Å². The molecule has 1 aliphatic heterocycles. The highest BCUT2D eigenvalue weighted by Crippen LogP contribution is 2.30. The van der Waals surface area contributed by atoms with Crippen molar-refractivity contribution in [2.45, 2.75) is 86.2 Å². The zero-order valence-electron chi connectivity index (χ0n) is 22.4. The van der Waals surface area contributed by atoms with Gasteiger partial charge in [0.25, 0.3) is 0 Å². The molecule has 3 aromatic heterocycles. The minimum atomic E-state index is -0.563. The normalized spacial score (nSPS) is 17.0. The highest BCUT2D eigenvalue weighted by Gasteiger charge is 2.31. The molecule has 0 bridgehead atoms. The Balaban J connectivity index is 0.000000184. The van der Waals surface area contributed by atoms with E-state index in [0.29, 0.717) is 0 Å². The number of aryl methyl sites for hydroxylation is 2. The Kier molecular flexibility index (Phi) is 12.0. The van der Waals surface area contributed by atoms with Crippen molar-refractivity contribution in [3.8, 4) is 0 Å². The van der Waals surface area contributed by atoms with Crippen LogP contribution in [0.5, 0.6) is 0 Å². The Hall–Kier alpha value is -2.77. The van der Waals surface area contributed by atoms with Crippen molar-refractivity contribution in [3.63, 3.8) is 0 Å². The maximum Gasteiger partial charge on any atom is 0.158 e. The number of pyridine rings is 1. The second-order valence-electron chi connectivity index (χ2n) is 8.99. The van der Waals surface area contributed by atoms with Crippen LogP contribution in [0.1, 0.15) is 78.6 Å². The molecule has 2 N–H and O–H groups in total. The molecule has 0 saturated carbocycles. The van der Waals surface area contributed by atoms with E-state index in [1.165, 1.54) is 43.5 Å². The van der Waals surface area contributed by atoms with Gasteiger partial charge in [-0.05, 0) is 71.1 Å². The molecule has 8 heteroatoms. The molecule has 2 atom stereocenters. The molecule has 3 aromatic rings. The van der Waals surface area contributed by atoms with Crippen LogP contribution in [-0.4, -0.2) is 42.3 Å². The predicted molar refractivity (Wildman–Crippen MR) is 148 cm³/mol. The molecule has 0 spiro atoms. The highest BCUT2D eigenvalue weighted by atomic mass is 35.5. The minimum Gasteiger partial charge on any atom is -0.387 e. The largest absolute Gasteiger partial charge is 0.387 e. The molecule has 0 aromatic carbocycles. The van der Waals surface area contributed by atoms with Crippen LogP contribution in [0.3, 0.4) is 0 Å². The number of nitrogens with one attached hydrogen (secondary N) is 1. The van der Waals surface area contributed by atoms with Crippen LogP contribution < -0.4 is 0 Å². The maximum atomic E-state index is 11.4. The van der Waals surface area contributed by atoms with Crippen LogP contribution >= 0.6 is 11.6 Å². The number of halogens is 1. The van der Waals surface area contributed by atoms with Gasteiger partial charge >= 0.3 is 0 Å². The topological polar surface area (TPSA) is 95.6 Å². The highest BCUT2D eigenvalue weighted by molar-refractivity contribution is 6.33. The summed E-state index contributed by atoms with van der Waals surface area (Å²) in [5.41, 5.74) is 5.87. The summed E-state index contributed by atoms with van der Waals surface area (Å²) in [6, 6.07) is 5.59. The van der Waals surface area contributed by atoms with E-state index in [1.807, 2.05) is 38.2 Å². The Morgan fingerprint density at radius 1 is 1.25 bits per heavy atom. The van der Waals surface area contributed by atoms with Gasteiger partial charge in [0.05, 0.1) is 40.6 Å². The average molecular weight is 514 g/mol. The number of aliphatic imine (C=N–C) groups is 1. The predicted octanol–water partition coefficient (Wildman–Crippen LogP) is 6.40. The van der Waals surface area contributed by atoms with Gasteiger partial charge in [-0.25, -0.2) is 9.50 Å². The van der Waals surface area contributed by atoms with Crippen LogP contribution in [0.25, 0.3) is 5.52 Å². The number of hydrogen-bond donors (Lipinski definition) is 2. The van der Waals surface area contributed by atoms with Crippen molar-refractivity contribution in [1.82, 2.24) is 19.6 Å². The molecule has 196 valence electrons. The van der Waals surface area contributed by atoms with Crippen LogP contribution in [0.4, 0.5) is 0 Å². The van der Waals surface area contributed by atoms with E-state index < -0.39 is 6.10 Å². The van der Waals surface area contributed by atoms with Crippen LogP contribution in [0.2, 0.25) is 5.02 Å². The number of hydrogen-bond acceptors (Lipinski definition) is 5. The number of fused-ring (bicyclic) bond motifs is 2. The average Bonchev–Trinajstić information content (AvgIpc) is 3.58. The molecule has 7 nitrogen and oxygen atoms in total. The first kappa shape index (κ1) is 29.5. The second kappa shape index (κ2) is 14.7. The fourth-order valence-electron chi connectivity index (χ4n) is 4.32. The third-order valence-electron chi connectivity index (χ3n) is 5.89. The summed E-state index contributed by atoms with van der Waals surface area (Å²) >= 11 is 5.84. The molecule has 0 fully saturated rings. The number of imidazole rings is 1. The molecule has 0 saturated heterocycles. The zero-order valence-corrected chi connectivity index (χ0v) is 23.1. The number of ketones is 1. The van der Waals surface area contributed by atoms with Gasteiger partial charge in [0, 0.05) is 29.1 Å². The number of aliphatic hydroxyl groups is 1. The molecule has 5 rings (SSSR count). The second-order valence-corrected chi connectivity index (χ2v) is 9.40. The third-order valence-corrected chi connectivity index (χ3v) is 6.21. The number of carbonyl (C=O) groups is 1. The van der Waals surface area contributed by atoms with Gasteiger partial charge in [0.15, 0.2) is 5.78 Å². The lowest BCUT2D eigenvalue weighted by molar-refractivity contribution is -0.114. The first-order valence-corrected chi connectivity index (χ1v) is 13.2. The van der Waals surface area contributed by atoms with Crippen molar-refractivity contribution in [2.24, 2.45) is 10.9 Å². The van der Waals surface area contributed by atoms with E-state index in [1.54, 1.807) is 30.9 Å². The summed E-state index contributed by atoms with van der Waals surface area (Å²) < 4.78 is 1.74. The van der Waals surface area contributed by atoms with Gasteiger partial charge in [0.2, 0.25) is 0 Å². The van der Waals surface area contributed by atoms with Crippen molar-refractivity contribution in [1.29, 1.82) is 0 Å². The summed E-state index contributed by atoms with van der Waals surface area (Å²) in [7, 11) is 0. The number of aromatic amines is 1. The van der Waals surface area contributed by atoms with E-state index in [9.17, 15) is 9.90 Å². The molecule has 0 radical (unpaired) electrons. The van der Waals surface area contributed by atoms with Crippen LogP contribution in [0.15, 0.2) is 53.2 Å². The number of aliphatic hydroxyl groups excluding tert-OH is 1. The molecular weight excluding hydrogens is 474 g/mol. The summed E-state index contributed by atoms with van der Waals surface area (Å²) in [5, 5.41) is 14.3. The van der Waals surface area contributed by atoms with Gasteiger partial charge in [-0.2, -0.15) is 5.10 Å². The number of rotatable bonds is 3. The van der Waals surface area contributed by atoms with Gasteiger partial charge in [0.1, 0.15) is 0 Å².